The zero-order valence-electron chi connectivity index (χ0n) is 7.64. The molecular formula is C9H15Cl2NO. The zero-order chi connectivity index (χ0) is 9.68. The molecule has 1 fully saturated rings. The van der Waals surface area contributed by atoms with E-state index in [-0.39, 0.29) is 5.91 Å². The van der Waals surface area contributed by atoms with Crippen LogP contribution < -0.4 is 0 Å². The number of carbonyl (C=O) groups is 1. The van der Waals surface area contributed by atoms with Crippen molar-refractivity contribution >= 4 is 29.1 Å². The molecule has 2 nitrogen and oxygen atoms in total. The normalized spacial score (nSPS) is 19.8. The van der Waals surface area contributed by atoms with Gasteiger partial charge in [-0.25, -0.2) is 0 Å². The maximum absolute atomic E-state index is 11.4. The Morgan fingerprint density at radius 3 is 1.92 bits per heavy atom. The van der Waals surface area contributed by atoms with Crippen LogP contribution in [0.4, 0.5) is 0 Å². The Hall–Kier alpha value is 0.0500. The summed E-state index contributed by atoms with van der Waals surface area (Å²) in [6, 6.07) is 0. The van der Waals surface area contributed by atoms with Gasteiger partial charge in [0.1, 0.15) is 0 Å². The molecule has 1 rings (SSSR count). The first kappa shape index (κ1) is 11.1. The van der Waals surface area contributed by atoms with Crippen LogP contribution in [0.3, 0.4) is 0 Å². The van der Waals surface area contributed by atoms with E-state index >= 15 is 0 Å². The molecular weight excluding hydrogens is 209 g/mol. The Labute approximate surface area is 89.2 Å². The van der Waals surface area contributed by atoms with Crippen molar-refractivity contribution in [2.45, 2.75) is 36.9 Å². The predicted molar refractivity (Wildman–Crippen MR) is 55.2 cm³/mol. The van der Waals surface area contributed by atoms with Crippen LogP contribution in [0.1, 0.15) is 32.1 Å². The van der Waals surface area contributed by atoms with E-state index in [1.54, 1.807) is 4.90 Å². The fourth-order valence-electron chi connectivity index (χ4n) is 1.61. The summed E-state index contributed by atoms with van der Waals surface area (Å²) < 4.78 is 0. The average molecular weight is 224 g/mol. The topological polar surface area (TPSA) is 20.3 Å². The fourth-order valence-corrected chi connectivity index (χ4v) is 1.88. The van der Waals surface area contributed by atoms with Crippen LogP contribution in [0, 0.1) is 0 Å². The number of carbonyl (C=O) groups excluding carboxylic acids is 1. The molecule has 0 N–H and O–H groups in total. The molecule has 0 atom stereocenters. The number of halogens is 2. The van der Waals surface area contributed by atoms with Crippen molar-refractivity contribution in [1.29, 1.82) is 0 Å². The highest BCUT2D eigenvalue weighted by Crippen LogP contribution is 2.14. The molecule has 0 bridgehead atoms. The van der Waals surface area contributed by atoms with Crippen LogP contribution in [0.15, 0.2) is 0 Å². The van der Waals surface area contributed by atoms with Gasteiger partial charge in [0.05, 0.1) is 0 Å². The molecule has 1 aliphatic rings. The van der Waals surface area contributed by atoms with Gasteiger partial charge in [-0.15, -0.1) is 0 Å². The average Bonchev–Trinajstić information content (AvgIpc) is 2.02. The molecule has 0 unspecified atom stereocenters. The molecule has 0 radical (unpaired) electrons. The van der Waals surface area contributed by atoms with Gasteiger partial charge in [-0.1, -0.05) is 42.5 Å². The van der Waals surface area contributed by atoms with Crippen molar-refractivity contribution in [3.05, 3.63) is 0 Å². The SMILES string of the molecule is O=C(C(Cl)Cl)N1CCCCCCC1. The number of alkyl halides is 2. The minimum atomic E-state index is -0.889. The lowest BCUT2D eigenvalue weighted by Gasteiger charge is -2.25. The van der Waals surface area contributed by atoms with E-state index in [0.717, 1.165) is 25.9 Å². The van der Waals surface area contributed by atoms with Gasteiger partial charge in [0, 0.05) is 13.1 Å². The van der Waals surface area contributed by atoms with Gasteiger partial charge in [-0.05, 0) is 12.8 Å². The van der Waals surface area contributed by atoms with E-state index in [4.69, 9.17) is 23.2 Å². The number of hydrogen-bond acceptors (Lipinski definition) is 1. The van der Waals surface area contributed by atoms with Crippen LogP contribution in [0.5, 0.6) is 0 Å². The lowest BCUT2D eigenvalue weighted by molar-refractivity contribution is -0.129. The van der Waals surface area contributed by atoms with Crippen LogP contribution in [0.2, 0.25) is 0 Å². The Kier molecular flexibility index (Phi) is 4.89. The van der Waals surface area contributed by atoms with E-state index in [1.807, 2.05) is 0 Å². The lowest BCUT2D eigenvalue weighted by atomic mass is 10.1. The summed E-state index contributed by atoms with van der Waals surface area (Å²) in [6.45, 7) is 1.63. The number of hydrogen-bond donors (Lipinski definition) is 0. The number of amides is 1. The van der Waals surface area contributed by atoms with Gasteiger partial charge in [0.2, 0.25) is 0 Å². The minimum Gasteiger partial charge on any atom is -0.340 e. The van der Waals surface area contributed by atoms with Crippen molar-refractivity contribution in [2.24, 2.45) is 0 Å². The van der Waals surface area contributed by atoms with Gasteiger partial charge in [-0.2, -0.15) is 0 Å². The molecule has 4 heteroatoms. The van der Waals surface area contributed by atoms with Crippen molar-refractivity contribution in [3.8, 4) is 0 Å². The zero-order valence-corrected chi connectivity index (χ0v) is 9.15. The third-order valence-corrected chi connectivity index (χ3v) is 2.73. The third-order valence-electron chi connectivity index (χ3n) is 2.35. The van der Waals surface area contributed by atoms with Gasteiger partial charge in [-0.3, -0.25) is 4.79 Å². The highest BCUT2D eigenvalue weighted by molar-refractivity contribution is 6.53. The van der Waals surface area contributed by atoms with Crippen LogP contribution in [0.25, 0.3) is 0 Å². The molecule has 1 saturated heterocycles. The molecule has 0 aromatic rings. The Balaban J connectivity index is 2.41. The summed E-state index contributed by atoms with van der Waals surface area (Å²) in [5.74, 6) is -0.134. The quantitative estimate of drug-likeness (QED) is 0.627. The molecule has 0 aromatic heterocycles. The van der Waals surface area contributed by atoms with Gasteiger partial charge in [0.15, 0.2) is 4.84 Å². The monoisotopic (exact) mass is 223 g/mol. The molecule has 1 aliphatic heterocycles. The third kappa shape index (κ3) is 3.74. The Morgan fingerprint density at radius 1 is 1.00 bits per heavy atom. The minimum absolute atomic E-state index is 0.134. The molecule has 0 saturated carbocycles. The highest BCUT2D eigenvalue weighted by atomic mass is 35.5. The highest BCUT2D eigenvalue weighted by Gasteiger charge is 2.20. The molecule has 0 spiro atoms. The first-order valence-electron chi connectivity index (χ1n) is 4.79. The molecule has 0 aliphatic carbocycles. The summed E-state index contributed by atoms with van der Waals surface area (Å²) in [5, 5.41) is 0. The smallest absolute Gasteiger partial charge is 0.255 e. The molecule has 0 aromatic carbocycles. The summed E-state index contributed by atoms with van der Waals surface area (Å²) >= 11 is 11.1. The molecule has 76 valence electrons. The summed E-state index contributed by atoms with van der Waals surface area (Å²) in [7, 11) is 0. The van der Waals surface area contributed by atoms with Crippen LogP contribution >= 0.6 is 23.2 Å². The van der Waals surface area contributed by atoms with E-state index < -0.39 is 4.84 Å². The predicted octanol–water partition coefficient (Wildman–Crippen LogP) is 2.58. The molecule has 1 heterocycles. The second kappa shape index (κ2) is 5.71. The van der Waals surface area contributed by atoms with Crippen LogP contribution in [-0.2, 0) is 4.79 Å². The van der Waals surface area contributed by atoms with Crippen molar-refractivity contribution in [2.75, 3.05) is 13.1 Å². The first-order chi connectivity index (χ1) is 6.22. The standard InChI is InChI=1S/C9H15Cl2NO/c10-8(11)9(13)12-6-4-2-1-3-5-7-12/h8H,1-7H2. The maximum Gasteiger partial charge on any atom is 0.255 e. The van der Waals surface area contributed by atoms with E-state index in [1.165, 1.54) is 19.3 Å². The largest absolute Gasteiger partial charge is 0.340 e. The number of rotatable bonds is 1. The second-order valence-corrected chi connectivity index (χ2v) is 4.49. The van der Waals surface area contributed by atoms with Crippen molar-refractivity contribution in [3.63, 3.8) is 0 Å². The summed E-state index contributed by atoms with van der Waals surface area (Å²) in [4.78, 5) is 12.3. The lowest BCUT2D eigenvalue weighted by Crippen LogP contribution is -2.37. The fraction of sp³-hybridized carbons (Fsp3) is 0.889. The van der Waals surface area contributed by atoms with Gasteiger partial charge in [0.25, 0.3) is 5.91 Å². The van der Waals surface area contributed by atoms with Crippen molar-refractivity contribution in [1.82, 2.24) is 4.90 Å². The van der Waals surface area contributed by atoms with E-state index in [0.29, 0.717) is 0 Å². The maximum atomic E-state index is 11.4. The first-order valence-corrected chi connectivity index (χ1v) is 5.66. The number of nitrogens with zero attached hydrogens (tertiary/aromatic N) is 1. The number of likely N-dealkylation sites (tertiary alicyclic amines) is 1. The van der Waals surface area contributed by atoms with Crippen LogP contribution in [-0.4, -0.2) is 28.7 Å². The van der Waals surface area contributed by atoms with E-state index in [9.17, 15) is 4.79 Å². The Morgan fingerprint density at radius 2 is 1.46 bits per heavy atom. The van der Waals surface area contributed by atoms with Gasteiger partial charge >= 0.3 is 0 Å². The van der Waals surface area contributed by atoms with E-state index in [2.05, 4.69) is 0 Å². The van der Waals surface area contributed by atoms with Gasteiger partial charge < -0.3 is 4.90 Å². The Bertz CT molecular complexity index is 165. The van der Waals surface area contributed by atoms with Crippen molar-refractivity contribution < 1.29 is 4.79 Å². The molecule has 1 amide bonds. The second-order valence-electron chi connectivity index (χ2n) is 3.39. The summed E-state index contributed by atoms with van der Waals surface area (Å²) in [6.07, 6.45) is 5.85. The summed E-state index contributed by atoms with van der Waals surface area (Å²) in [5.41, 5.74) is 0. The molecule has 13 heavy (non-hydrogen) atoms.